The van der Waals surface area contributed by atoms with Gasteiger partial charge in [0.2, 0.25) is 0 Å². The van der Waals surface area contributed by atoms with Gasteiger partial charge in [0.15, 0.2) is 0 Å². The van der Waals surface area contributed by atoms with Gasteiger partial charge in [0.1, 0.15) is 0 Å². The molecule has 64 valence electrons. The van der Waals surface area contributed by atoms with E-state index < -0.39 is 0 Å². The first-order chi connectivity index (χ1) is 4.81. The molecule has 1 aliphatic heterocycles. The lowest BCUT2D eigenvalue weighted by Gasteiger charge is -2.31. The Kier molecular flexibility index (Phi) is 2.58. The van der Waals surface area contributed by atoms with E-state index in [1.807, 2.05) is 0 Å². The van der Waals surface area contributed by atoms with Crippen molar-refractivity contribution in [3.63, 3.8) is 0 Å². The molecule has 0 amide bonds. The quantitative estimate of drug-likeness (QED) is 0.530. The molecule has 0 aromatic heterocycles. The average Bonchev–Trinajstić information content (AvgIpc) is 2.29. The van der Waals surface area contributed by atoms with E-state index in [0.29, 0.717) is 5.92 Å². The number of hydrogen-bond acceptors (Lipinski definition) is 2. The topological polar surface area (TPSA) is 38.0 Å². The highest BCUT2D eigenvalue weighted by molar-refractivity contribution is 5.85. The van der Waals surface area contributed by atoms with Crippen LogP contribution in [0.15, 0.2) is 12.2 Å². The van der Waals surface area contributed by atoms with Crippen molar-refractivity contribution < 1.29 is 0 Å². The van der Waals surface area contributed by atoms with Crippen LogP contribution in [0.1, 0.15) is 12.8 Å². The van der Waals surface area contributed by atoms with Gasteiger partial charge in [0.25, 0.3) is 0 Å². The molecule has 2 rings (SSSR count). The van der Waals surface area contributed by atoms with Crippen molar-refractivity contribution in [3.05, 3.63) is 12.2 Å². The second kappa shape index (κ2) is 3.13. The van der Waals surface area contributed by atoms with Gasteiger partial charge in [-0.3, -0.25) is 0 Å². The number of hydrogen-bond donors (Lipinski definition) is 2. The maximum atomic E-state index is 6.15. The number of nitrogens with two attached hydrogens (primary N) is 1. The Bertz CT molecular complexity index is 169. The summed E-state index contributed by atoms with van der Waals surface area (Å²) in [4.78, 5) is 0. The number of halogens is 1. The maximum absolute atomic E-state index is 6.15. The minimum atomic E-state index is 0. The average molecular weight is 175 g/mol. The molecule has 2 nitrogen and oxygen atoms in total. The molecule has 0 radical (unpaired) electrons. The lowest BCUT2D eigenvalue weighted by atomic mass is 9.79. The molecule has 1 aliphatic carbocycles. The van der Waals surface area contributed by atoms with Crippen LogP contribution in [0.3, 0.4) is 0 Å². The van der Waals surface area contributed by atoms with Crippen molar-refractivity contribution in [2.75, 3.05) is 13.1 Å². The second-order valence-electron chi connectivity index (χ2n) is 3.47. The first-order valence-electron chi connectivity index (χ1n) is 3.96. The summed E-state index contributed by atoms with van der Waals surface area (Å²) >= 11 is 0. The van der Waals surface area contributed by atoms with Crippen LogP contribution in [0.25, 0.3) is 0 Å². The Labute approximate surface area is 73.6 Å². The fourth-order valence-electron chi connectivity index (χ4n) is 1.95. The van der Waals surface area contributed by atoms with E-state index in [2.05, 4.69) is 17.5 Å². The van der Waals surface area contributed by atoms with Crippen molar-refractivity contribution >= 4 is 12.4 Å². The van der Waals surface area contributed by atoms with E-state index in [4.69, 9.17) is 5.73 Å². The lowest BCUT2D eigenvalue weighted by Crippen LogP contribution is -2.48. The predicted molar refractivity (Wildman–Crippen MR) is 48.9 cm³/mol. The molecular weight excluding hydrogens is 160 g/mol. The highest BCUT2D eigenvalue weighted by Gasteiger charge is 2.38. The molecule has 3 heteroatoms. The Morgan fingerprint density at radius 2 is 2.27 bits per heavy atom. The molecule has 2 atom stereocenters. The van der Waals surface area contributed by atoms with Crippen molar-refractivity contribution in [2.45, 2.75) is 18.4 Å². The highest BCUT2D eigenvalue weighted by atomic mass is 35.5. The zero-order valence-corrected chi connectivity index (χ0v) is 7.36. The van der Waals surface area contributed by atoms with E-state index in [1.165, 1.54) is 6.42 Å². The van der Waals surface area contributed by atoms with Crippen LogP contribution in [0, 0.1) is 5.92 Å². The minimum Gasteiger partial charge on any atom is -0.323 e. The smallest absolute Gasteiger partial charge is 0.0359 e. The summed E-state index contributed by atoms with van der Waals surface area (Å²) in [6.45, 7) is 2.11. The van der Waals surface area contributed by atoms with E-state index in [9.17, 15) is 0 Å². The summed E-state index contributed by atoms with van der Waals surface area (Å²) in [5, 5.41) is 3.34. The van der Waals surface area contributed by atoms with Crippen LogP contribution in [0.2, 0.25) is 0 Å². The molecule has 0 spiro atoms. The summed E-state index contributed by atoms with van der Waals surface area (Å²) in [7, 11) is 0. The molecule has 0 aromatic carbocycles. The van der Waals surface area contributed by atoms with Crippen molar-refractivity contribution in [1.82, 2.24) is 5.32 Å². The standard InChI is InChI=1S/C8H14N2.ClH/c9-8-4-2-1-3-7(8)5-10-6-8;/h1-2,7,10H,3-6,9H2;1H. The SMILES string of the molecule is Cl.NC12CC=CCC1CNC2. The lowest BCUT2D eigenvalue weighted by molar-refractivity contribution is 0.336. The van der Waals surface area contributed by atoms with E-state index in [-0.39, 0.29) is 17.9 Å². The first-order valence-corrected chi connectivity index (χ1v) is 3.96. The highest BCUT2D eigenvalue weighted by Crippen LogP contribution is 2.29. The van der Waals surface area contributed by atoms with Crippen LogP contribution in [-0.2, 0) is 0 Å². The third-order valence-corrected chi connectivity index (χ3v) is 2.74. The molecule has 1 saturated heterocycles. The van der Waals surface area contributed by atoms with Crippen LogP contribution in [0.4, 0.5) is 0 Å². The van der Waals surface area contributed by atoms with Crippen molar-refractivity contribution in [3.8, 4) is 0 Å². The molecule has 0 aromatic rings. The largest absolute Gasteiger partial charge is 0.323 e. The van der Waals surface area contributed by atoms with E-state index in [0.717, 1.165) is 19.5 Å². The van der Waals surface area contributed by atoms with Crippen LogP contribution in [-0.4, -0.2) is 18.6 Å². The van der Waals surface area contributed by atoms with Crippen LogP contribution < -0.4 is 11.1 Å². The molecule has 2 aliphatic rings. The van der Waals surface area contributed by atoms with E-state index >= 15 is 0 Å². The molecule has 0 bridgehead atoms. The molecule has 11 heavy (non-hydrogen) atoms. The predicted octanol–water partition coefficient (Wildman–Crippen LogP) is 0.675. The Hall–Kier alpha value is -0.0500. The van der Waals surface area contributed by atoms with Crippen LogP contribution in [0.5, 0.6) is 0 Å². The number of fused-ring (bicyclic) bond motifs is 1. The van der Waals surface area contributed by atoms with Gasteiger partial charge in [-0.15, -0.1) is 12.4 Å². The van der Waals surface area contributed by atoms with Gasteiger partial charge in [-0.2, -0.15) is 0 Å². The number of rotatable bonds is 0. The van der Waals surface area contributed by atoms with Crippen LogP contribution >= 0.6 is 12.4 Å². The molecular formula is C8H15ClN2. The Balaban J connectivity index is 0.000000605. The van der Waals surface area contributed by atoms with Gasteiger partial charge in [-0.25, -0.2) is 0 Å². The first kappa shape index (κ1) is 9.04. The normalized spacial score (nSPS) is 41.4. The monoisotopic (exact) mass is 174 g/mol. The van der Waals surface area contributed by atoms with Gasteiger partial charge in [0.05, 0.1) is 0 Å². The summed E-state index contributed by atoms with van der Waals surface area (Å²) in [6, 6.07) is 0. The molecule has 0 saturated carbocycles. The van der Waals surface area contributed by atoms with Crippen molar-refractivity contribution in [1.29, 1.82) is 0 Å². The Morgan fingerprint density at radius 3 is 3.00 bits per heavy atom. The number of allylic oxidation sites excluding steroid dienone is 1. The van der Waals surface area contributed by atoms with Crippen molar-refractivity contribution in [2.24, 2.45) is 11.7 Å². The van der Waals surface area contributed by atoms with E-state index in [1.54, 1.807) is 0 Å². The van der Waals surface area contributed by atoms with Gasteiger partial charge in [0, 0.05) is 18.6 Å². The van der Waals surface area contributed by atoms with Gasteiger partial charge < -0.3 is 11.1 Å². The maximum Gasteiger partial charge on any atom is 0.0359 e. The second-order valence-corrected chi connectivity index (χ2v) is 3.47. The third-order valence-electron chi connectivity index (χ3n) is 2.74. The zero-order chi connectivity index (χ0) is 7.03. The summed E-state index contributed by atoms with van der Waals surface area (Å²) in [5.74, 6) is 0.692. The number of nitrogens with one attached hydrogen (secondary N) is 1. The molecule has 1 heterocycles. The summed E-state index contributed by atoms with van der Waals surface area (Å²) in [5.41, 5.74) is 6.24. The van der Waals surface area contributed by atoms with Gasteiger partial charge >= 0.3 is 0 Å². The molecule has 1 fully saturated rings. The zero-order valence-electron chi connectivity index (χ0n) is 6.55. The van der Waals surface area contributed by atoms with Gasteiger partial charge in [-0.05, 0) is 18.8 Å². The summed E-state index contributed by atoms with van der Waals surface area (Å²) in [6.07, 6.45) is 6.69. The Morgan fingerprint density at radius 1 is 1.45 bits per heavy atom. The minimum absolute atomic E-state index is 0. The fraction of sp³-hybridized carbons (Fsp3) is 0.750. The van der Waals surface area contributed by atoms with Gasteiger partial charge in [-0.1, -0.05) is 12.2 Å². The summed E-state index contributed by atoms with van der Waals surface area (Å²) < 4.78 is 0. The fourth-order valence-corrected chi connectivity index (χ4v) is 1.95. The molecule has 2 unspecified atom stereocenters. The third kappa shape index (κ3) is 1.43. The molecule has 3 N–H and O–H groups in total.